The molecule has 1 aromatic rings. The molecule has 0 heterocycles. The number of ketones is 1. The third-order valence-electron chi connectivity index (χ3n) is 2.48. The van der Waals surface area contributed by atoms with Gasteiger partial charge in [0.05, 0.1) is 26.3 Å². The van der Waals surface area contributed by atoms with Gasteiger partial charge < -0.3 is 15.2 Å². The number of Topliss-reactive ketones (excluding diaryl/α,β-unsaturated/α-hetero) is 1. The van der Waals surface area contributed by atoms with E-state index in [1.54, 1.807) is 26.4 Å². The summed E-state index contributed by atoms with van der Waals surface area (Å²) in [6, 6.07) is 3.45. The fraction of sp³-hybridized carbons (Fsp3) is 0.417. The van der Waals surface area contributed by atoms with Crippen LogP contribution in [0, 0.1) is 0 Å². The summed E-state index contributed by atoms with van der Waals surface area (Å²) in [5, 5.41) is 0. The number of benzene rings is 1. The van der Waals surface area contributed by atoms with Gasteiger partial charge in [-0.15, -0.1) is 0 Å². The van der Waals surface area contributed by atoms with Crippen molar-refractivity contribution >= 4 is 5.78 Å². The molecule has 88 valence electrons. The molecule has 0 aliphatic carbocycles. The van der Waals surface area contributed by atoms with Crippen LogP contribution in [0.1, 0.15) is 22.8 Å². The van der Waals surface area contributed by atoms with Crippen molar-refractivity contribution in [1.29, 1.82) is 0 Å². The van der Waals surface area contributed by atoms with E-state index < -0.39 is 0 Å². The zero-order chi connectivity index (χ0) is 12.1. The maximum Gasteiger partial charge on any atom is 0.180 e. The van der Waals surface area contributed by atoms with E-state index in [0.29, 0.717) is 11.3 Å². The number of nitrogens with two attached hydrogens (primary N) is 1. The predicted octanol–water partition coefficient (Wildman–Crippen LogP) is 1.41. The van der Waals surface area contributed by atoms with Gasteiger partial charge in [0.1, 0.15) is 11.5 Å². The number of hydrogen-bond acceptors (Lipinski definition) is 4. The van der Waals surface area contributed by atoms with Crippen molar-refractivity contribution in [2.75, 3.05) is 20.8 Å². The zero-order valence-corrected chi connectivity index (χ0v) is 9.87. The molecule has 1 rings (SSSR count). The number of carbonyl (C=O) groups is 1. The summed E-state index contributed by atoms with van der Waals surface area (Å²) in [7, 11) is 3.14. The molecule has 0 saturated carbocycles. The number of hydrogen-bond donors (Lipinski definition) is 1. The minimum atomic E-state index is -0.130. The Bertz CT molecular complexity index is 388. The Kier molecular flexibility index (Phi) is 4.31. The number of rotatable bonds is 5. The van der Waals surface area contributed by atoms with Gasteiger partial charge in [0, 0.05) is 5.56 Å². The highest BCUT2D eigenvalue weighted by Crippen LogP contribution is 2.32. The van der Waals surface area contributed by atoms with Crippen LogP contribution in [0.2, 0.25) is 0 Å². The van der Waals surface area contributed by atoms with E-state index >= 15 is 0 Å². The highest BCUT2D eigenvalue weighted by Gasteiger charge is 2.17. The molecule has 1 aromatic carbocycles. The first-order valence-electron chi connectivity index (χ1n) is 5.16. The summed E-state index contributed by atoms with van der Waals surface area (Å²) in [5.41, 5.74) is 6.76. The number of carbonyl (C=O) groups excluding carboxylic acids is 1. The van der Waals surface area contributed by atoms with Gasteiger partial charge in [-0.1, -0.05) is 6.92 Å². The molecule has 0 unspecified atom stereocenters. The second kappa shape index (κ2) is 5.51. The molecule has 0 aromatic heterocycles. The second-order valence-corrected chi connectivity index (χ2v) is 3.31. The Hall–Kier alpha value is -1.55. The molecule has 0 amide bonds. The zero-order valence-electron chi connectivity index (χ0n) is 9.87. The summed E-state index contributed by atoms with van der Waals surface area (Å²) in [4.78, 5) is 11.6. The Morgan fingerprint density at radius 1 is 1.31 bits per heavy atom. The molecule has 0 atom stereocenters. The van der Waals surface area contributed by atoms with Crippen LogP contribution in [-0.4, -0.2) is 26.5 Å². The van der Waals surface area contributed by atoms with E-state index in [4.69, 9.17) is 15.2 Å². The van der Waals surface area contributed by atoms with Crippen molar-refractivity contribution in [3.05, 3.63) is 23.3 Å². The lowest BCUT2D eigenvalue weighted by molar-refractivity contribution is 0.0998. The van der Waals surface area contributed by atoms with Gasteiger partial charge in [-0.2, -0.15) is 0 Å². The van der Waals surface area contributed by atoms with Crippen LogP contribution in [0.15, 0.2) is 12.1 Å². The van der Waals surface area contributed by atoms with E-state index in [1.165, 1.54) is 0 Å². The van der Waals surface area contributed by atoms with E-state index in [9.17, 15) is 4.79 Å². The van der Waals surface area contributed by atoms with Crippen LogP contribution in [0.4, 0.5) is 0 Å². The third-order valence-corrected chi connectivity index (χ3v) is 2.48. The van der Waals surface area contributed by atoms with E-state index in [0.717, 1.165) is 17.7 Å². The minimum absolute atomic E-state index is 0.0220. The largest absolute Gasteiger partial charge is 0.496 e. The first kappa shape index (κ1) is 12.5. The summed E-state index contributed by atoms with van der Waals surface area (Å²) < 4.78 is 10.5. The Morgan fingerprint density at radius 2 is 2.00 bits per heavy atom. The highest BCUT2D eigenvalue weighted by molar-refractivity contribution is 6.00. The van der Waals surface area contributed by atoms with E-state index in [2.05, 4.69) is 0 Å². The average molecular weight is 223 g/mol. The molecule has 0 aliphatic rings. The quantitative estimate of drug-likeness (QED) is 0.767. The SMILES string of the molecule is CCc1c(OC)ccc(C(=O)CN)c1OC. The molecule has 4 heteroatoms. The lowest BCUT2D eigenvalue weighted by Crippen LogP contribution is -2.15. The van der Waals surface area contributed by atoms with Crippen molar-refractivity contribution in [3.63, 3.8) is 0 Å². The summed E-state index contributed by atoms with van der Waals surface area (Å²) in [6.45, 7) is 1.96. The van der Waals surface area contributed by atoms with Gasteiger partial charge >= 0.3 is 0 Å². The van der Waals surface area contributed by atoms with Crippen LogP contribution in [0.25, 0.3) is 0 Å². The van der Waals surface area contributed by atoms with Crippen LogP contribution in [0.5, 0.6) is 11.5 Å². The third kappa shape index (κ3) is 2.17. The standard InChI is InChI=1S/C12H17NO3/c1-4-8-11(15-2)6-5-9(10(14)7-13)12(8)16-3/h5-6H,4,7,13H2,1-3H3. The van der Waals surface area contributed by atoms with Crippen LogP contribution in [-0.2, 0) is 6.42 Å². The molecule has 0 fully saturated rings. The van der Waals surface area contributed by atoms with Crippen molar-refractivity contribution < 1.29 is 14.3 Å². The molecule has 4 nitrogen and oxygen atoms in total. The van der Waals surface area contributed by atoms with Crippen LogP contribution >= 0.6 is 0 Å². The van der Waals surface area contributed by atoms with Crippen molar-refractivity contribution in [3.8, 4) is 11.5 Å². The maximum atomic E-state index is 11.6. The van der Waals surface area contributed by atoms with Gasteiger partial charge in [0.15, 0.2) is 5.78 Å². The van der Waals surface area contributed by atoms with Gasteiger partial charge in [0.2, 0.25) is 0 Å². The summed E-state index contributed by atoms with van der Waals surface area (Å²) >= 11 is 0. The fourth-order valence-electron chi connectivity index (χ4n) is 1.70. The topological polar surface area (TPSA) is 61.5 Å². The molecule has 0 spiro atoms. The molecule has 0 bridgehead atoms. The van der Waals surface area contributed by atoms with Crippen molar-refractivity contribution in [2.45, 2.75) is 13.3 Å². The monoisotopic (exact) mass is 223 g/mol. The lowest BCUT2D eigenvalue weighted by Gasteiger charge is -2.14. The molecular formula is C12H17NO3. The first-order valence-corrected chi connectivity index (χ1v) is 5.16. The maximum absolute atomic E-state index is 11.6. The lowest BCUT2D eigenvalue weighted by atomic mass is 10.0. The van der Waals surface area contributed by atoms with Crippen LogP contribution < -0.4 is 15.2 Å². The van der Waals surface area contributed by atoms with Gasteiger partial charge in [0.25, 0.3) is 0 Å². The van der Waals surface area contributed by atoms with E-state index in [-0.39, 0.29) is 12.3 Å². The molecular weight excluding hydrogens is 206 g/mol. The fourth-order valence-corrected chi connectivity index (χ4v) is 1.70. The minimum Gasteiger partial charge on any atom is -0.496 e. The first-order chi connectivity index (χ1) is 7.69. The van der Waals surface area contributed by atoms with Gasteiger partial charge in [-0.3, -0.25) is 4.79 Å². The van der Waals surface area contributed by atoms with Crippen molar-refractivity contribution in [1.82, 2.24) is 0 Å². The second-order valence-electron chi connectivity index (χ2n) is 3.31. The molecule has 2 N–H and O–H groups in total. The van der Waals surface area contributed by atoms with E-state index in [1.807, 2.05) is 6.92 Å². The molecule has 16 heavy (non-hydrogen) atoms. The van der Waals surface area contributed by atoms with Gasteiger partial charge in [-0.25, -0.2) is 0 Å². The Labute approximate surface area is 95.3 Å². The van der Waals surface area contributed by atoms with Gasteiger partial charge in [-0.05, 0) is 18.6 Å². The summed E-state index contributed by atoms with van der Waals surface area (Å²) in [6.07, 6.45) is 0.734. The predicted molar refractivity (Wildman–Crippen MR) is 62.3 cm³/mol. The number of methoxy groups -OCH3 is 2. The average Bonchev–Trinajstić information content (AvgIpc) is 2.35. The Balaban J connectivity index is 3.37. The highest BCUT2D eigenvalue weighted by atomic mass is 16.5. The van der Waals surface area contributed by atoms with Crippen LogP contribution in [0.3, 0.4) is 0 Å². The van der Waals surface area contributed by atoms with Crippen molar-refractivity contribution in [2.24, 2.45) is 5.73 Å². The molecule has 0 radical (unpaired) electrons. The molecule has 0 aliphatic heterocycles. The number of ether oxygens (including phenoxy) is 2. The Morgan fingerprint density at radius 3 is 2.44 bits per heavy atom. The normalized spacial score (nSPS) is 10.0. The summed E-state index contributed by atoms with van der Waals surface area (Å²) in [5.74, 6) is 1.17. The molecule has 0 saturated heterocycles. The smallest absolute Gasteiger partial charge is 0.180 e.